The molecular weight excluding hydrogens is 686 g/mol. The number of carbonyl (C=O) groups excluding carboxylic acids is 2. The van der Waals surface area contributed by atoms with Crippen LogP contribution >= 0.6 is 0 Å². The molecule has 6 rings (SSSR count). The zero-order chi connectivity index (χ0) is 38.0. The largest absolute Gasteiger partial charge is 0.445 e. The maximum absolute atomic E-state index is 13.0. The van der Waals surface area contributed by atoms with Crippen molar-refractivity contribution in [1.82, 2.24) is 20.4 Å². The molecule has 296 valence electrons. The molecule has 4 bridgehead atoms. The molecule has 1 aliphatic heterocycles. The van der Waals surface area contributed by atoms with Gasteiger partial charge in [0, 0.05) is 31.7 Å². The summed E-state index contributed by atoms with van der Waals surface area (Å²) < 4.78 is 17.6. The lowest BCUT2D eigenvalue weighted by molar-refractivity contribution is -0.181. The molecule has 1 aromatic rings. The fourth-order valence-corrected chi connectivity index (χ4v) is 9.20. The van der Waals surface area contributed by atoms with Crippen molar-refractivity contribution < 1.29 is 49.3 Å². The van der Waals surface area contributed by atoms with Crippen LogP contribution in [0, 0.1) is 23.2 Å². The van der Waals surface area contributed by atoms with E-state index in [1.54, 1.807) is 4.90 Å². The SMILES string of the molecule is CCN(Cc1ccc(COC(=O)NCCOCCOC23CC4CC(CC(NCC(=O)N5CCC[C@H]5C#N)(C4)C2)C3)cc1)C[C@H](O)[C@@H](O)[C@H](O)[C@H](O)CO. The van der Waals surface area contributed by atoms with Gasteiger partial charge in [-0.15, -0.1) is 0 Å². The van der Waals surface area contributed by atoms with E-state index in [0.717, 1.165) is 56.1 Å². The Morgan fingerprint density at radius 3 is 2.40 bits per heavy atom. The highest BCUT2D eigenvalue weighted by Crippen LogP contribution is 2.58. The van der Waals surface area contributed by atoms with E-state index in [9.17, 15) is 35.3 Å². The van der Waals surface area contributed by atoms with Crippen LogP contribution in [0.4, 0.5) is 4.79 Å². The quantitative estimate of drug-likeness (QED) is 0.0850. The van der Waals surface area contributed by atoms with Gasteiger partial charge < -0.3 is 55.3 Å². The molecule has 0 radical (unpaired) electrons. The number of likely N-dealkylation sites (tertiary alicyclic amines) is 1. The summed E-state index contributed by atoms with van der Waals surface area (Å²) in [5.41, 5.74) is 1.42. The second-order valence-electron chi connectivity index (χ2n) is 15.6. The number of hydrogen-bond donors (Lipinski definition) is 7. The molecule has 0 aromatic heterocycles. The number of rotatable bonds is 21. The number of nitrogens with zero attached hydrogens (tertiary/aromatic N) is 3. The first-order valence-electron chi connectivity index (χ1n) is 19.2. The molecule has 5 fully saturated rings. The van der Waals surface area contributed by atoms with Crippen LogP contribution in [0.3, 0.4) is 0 Å². The van der Waals surface area contributed by atoms with Gasteiger partial charge in [-0.25, -0.2) is 4.79 Å². The number of aliphatic hydroxyl groups excluding tert-OH is 5. The number of carbonyl (C=O) groups is 2. The van der Waals surface area contributed by atoms with Crippen molar-refractivity contribution in [2.24, 2.45) is 11.8 Å². The summed E-state index contributed by atoms with van der Waals surface area (Å²) in [6, 6.07) is 9.40. The van der Waals surface area contributed by atoms with E-state index in [4.69, 9.17) is 19.3 Å². The van der Waals surface area contributed by atoms with Crippen molar-refractivity contribution in [2.45, 2.75) is 113 Å². The Morgan fingerprint density at radius 2 is 1.72 bits per heavy atom. The third-order valence-corrected chi connectivity index (χ3v) is 11.5. The molecule has 53 heavy (non-hydrogen) atoms. The van der Waals surface area contributed by atoms with E-state index >= 15 is 0 Å². The van der Waals surface area contributed by atoms with Crippen molar-refractivity contribution in [2.75, 3.05) is 59.2 Å². The number of aliphatic hydroxyl groups is 5. The maximum Gasteiger partial charge on any atom is 0.407 e. The topological polar surface area (TPSA) is 217 Å². The van der Waals surface area contributed by atoms with E-state index in [2.05, 4.69) is 16.7 Å². The first-order valence-corrected chi connectivity index (χ1v) is 19.2. The average molecular weight is 746 g/mol. The van der Waals surface area contributed by atoms with Crippen LogP contribution in [0.5, 0.6) is 0 Å². The van der Waals surface area contributed by atoms with Crippen LogP contribution < -0.4 is 10.6 Å². The Labute approximate surface area is 312 Å². The predicted molar refractivity (Wildman–Crippen MR) is 192 cm³/mol. The highest BCUT2D eigenvalue weighted by atomic mass is 16.6. The lowest BCUT2D eigenvalue weighted by Crippen LogP contribution is -2.66. The second kappa shape index (κ2) is 19.1. The highest BCUT2D eigenvalue weighted by molar-refractivity contribution is 5.79. The van der Waals surface area contributed by atoms with Crippen LogP contribution in [0.1, 0.15) is 69.4 Å². The number of amides is 2. The minimum atomic E-state index is -1.67. The zero-order valence-electron chi connectivity index (χ0n) is 30.9. The smallest absolute Gasteiger partial charge is 0.407 e. The molecule has 5 aliphatic rings. The van der Waals surface area contributed by atoms with Gasteiger partial charge >= 0.3 is 6.09 Å². The van der Waals surface area contributed by atoms with Gasteiger partial charge in [0.15, 0.2) is 0 Å². The van der Waals surface area contributed by atoms with Crippen LogP contribution in [0.15, 0.2) is 24.3 Å². The molecule has 1 heterocycles. The number of nitriles is 1. The lowest BCUT2D eigenvalue weighted by atomic mass is 9.51. The molecule has 7 N–H and O–H groups in total. The van der Waals surface area contributed by atoms with Crippen molar-refractivity contribution in [3.63, 3.8) is 0 Å². The third-order valence-electron chi connectivity index (χ3n) is 11.5. The molecule has 4 aliphatic carbocycles. The second-order valence-corrected chi connectivity index (χ2v) is 15.6. The van der Waals surface area contributed by atoms with E-state index in [0.29, 0.717) is 57.8 Å². The lowest BCUT2D eigenvalue weighted by Gasteiger charge is -2.62. The summed E-state index contributed by atoms with van der Waals surface area (Å²) in [6.45, 7) is 4.72. The summed E-state index contributed by atoms with van der Waals surface area (Å²) in [5.74, 6) is 1.19. The summed E-state index contributed by atoms with van der Waals surface area (Å²) in [5, 5.41) is 64.6. The van der Waals surface area contributed by atoms with Crippen LogP contribution in [-0.4, -0.2) is 148 Å². The number of nitrogens with one attached hydrogen (secondary N) is 2. The van der Waals surface area contributed by atoms with Gasteiger partial charge in [-0.2, -0.15) is 5.26 Å². The monoisotopic (exact) mass is 745 g/mol. The molecule has 4 saturated carbocycles. The van der Waals surface area contributed by atoms with E-state index < -0.39 is 37.1 Å². The first kappa shape index (κ1) is 41.3. The van der Waals surface area contributed by atoms with E-state index in [1.165, 1.54) is 6.42 Å². The van der Waals surface area contributed by atoms with Gasteiger partial charge in [0.25, 0.3) is 0 Å². The average Bonchev–Trinajstić information content (AvgIpc) is 3.64. The normalized spacial score (nSPS) is 28.4. The van der Waals surface area contributed by atoms with Gasteiger partial charge in [0.2, 0.25) is 5.91 Å². The van der Waals surface area contributed by atoms with Crippen LogP contribution in [0.25, 0.3) is 0 Å². The Balaban J connectivity index is 0.943. The summed E-state index contributed by atoms with van der Waals surface area (Å²) in [4.78, 5) is 28.8. The van der Waals surface area contributed by atoms with Gasteiger partial charge in [0.05, 0.1) is 50.7 Å². The molecule has 1 aromatic carbocycles. The van der Waals surface area contributed by atoms with Gasteiger partial charge in [-0.1, -0.05) is 31.2 Å². The Kier molecular flexibility index (Phi) is 14.9. The van der Waals surface area contributed by atoms with Crippen molar-refractivity contribution in [3.05, 3.63) is 35.4 Å². The molecule has 15 heteroatoms. The van der Waals surface area contributed by atoms with Gasteiger partial charge in [-0.05, 0) is 80.9 Å². The van der Waals surface area contributed by atoms with Crippen molar-refractivity contribution in [3.8, 4) is 6.07 Å². The summed E-state index contributed by atoms with van der Waals surface area (Å²) in [6.07, 6.45) is 1.25. The van der Waals surface area contributed by atoms with E-state index in [-0.39, 0.29) is 42.8 Å². The minimum Gasteiger partial charge on any atom is -0.445 e. The maximum atomic E-state index is 13.0. The van der Waals surface area contributed by atoms with Gasteiger partial charge in [-0.3, -0.25) is 9.69 Å². The number of ether oxygens (including phenoxy) is 3. The van der Waals surface area contributed by atoms with Crippen molar-refractivity contribution >= 4 is 12.0 Å². The molecule has 7 atom stereocenters. The van der Waals surface area contributed by atoms with Crippen molar-refractivity contribution in [1.29, 1.82) is 5.26 Å². The first-order chi connectivity index (χ1) is 25.5. The standard InChI is InChI=1S/C38H59N5O10/c1-2-42(22-31(45)34(48)35(49)32(46)23-44)21-26-5-7-27(8-6-26)24-52-36(50)40-9-11-51-12-13-53-38-17-28-14-29(18-38)16-37(15-28,25-38)41-20-33(47)43-10-3-4-30(43)19-39/h5-8,28-32,34-35,41,44-46,48-49H,2-4,9-18,20-25H2,1H3,(H,40,50)/t28?,29?,30-,31-,32+,34+,35+,37?,38?/m0/s1. The molecule has 2 unspecified atom stereocenters. The summed E-state index contributed by atoms with van der Waals surface area (Å²) in [7, 11) is 0. The Morgan fingerprint density at radius 1 is 1.02 bits per heavy atom. The highest BCUT2D eigenvalue weighted by Gasteiger charge is 2.58. The molecule has 1 saturated heterocycles. The molecular formula is C38H59N5O10. The fourth-order valence-electron chi connectivity index (χ4n) is 9.20. The van der Waals surface area contributed by atoms with Crippen LogP contribution in [0.2, 0.25) is 0 Å². The molecule has 0 spiro atoms. The predicted octanol–water partition coefficient (Wildman–Crippen LogP) is 0.399. The minimum absolute atomic E-state index is 0.0198. The number of benzene rings is 1. The number of likely N-dealkylation sites (N-methyl/N-ethyl adjacent to an activating group) is 1. The third kappa shape index (κ3) is 11.1. The zero-order valence-corrected chi connectivity index (χ0v) is 30.9. The fraction of sp³-hybridized carbons (Fsp3) is 0.763. The summed E-state index contributed by atoms with van der Waals surface area (Å²) >= 11 is 0. The molecule has 2 amide bonds. The Bertz CT molecular complexity index is 1360. The molecule has 15 nitrogen and oxygen atoms in total. The number of alkyl carbamates (subject to hydrolysis) is 1. The van der Waals surface area contributed by atoms with Crippen LogP contribution in [-0.2, 0) is 32.2 Å². The van der Waals surface area contributed by atoms with Gasteiger partial charge in [0.1, 0.15) is 31.0 Å². The Hall–Kier alpha value is -2.91. The number of hydrogen-bond acceptors (Lipinski definition) is 13. The van der Waals surface area contributed by atoms with E-state index in [1.807, 2.05) is 36.1 Å².